The number of hydrogen-bond acceptors (Lipinski definition) is 1. The number of rotatable bonds is 1. The predicted molar refractivity (Wildman–Crippen MR) is 58.0 cm³/mol. The summed E-state index contributed by atoms with van der Waals surface area (Å²) in [6.45, 7) is 1.94. The van der Waals surface area contributed by atoms with E-state index in [1.807, 2.05) is 20.0 Å². The molecule has 0 aliphatic rings. The minimum atomic E-state index is -0.211. The highest BCUT2D eigenvalue weighted by Crippen LogP contribution is 2.29. The van der Waals surface area contributed by atoms with Crippen LogP contribution < -0.4 is 0 Å². The topological polar surface area (TPSA) is 17.8 Å². The van der Waals surface area contributed by atoms with Crippen molar-refractivity contribution in [2.45, 2.75) is 11.8 Å². The van der Waals surface area contributed by atoms with Crippen LogP contribution in [0.1, 0.15) is 17.4 Å². The Labute approximate surface area is 89.8 Å². The van der Waals surface area contributed by atoms with Gasteiger partial charge in [0.15, 0.2) is 0 Å². The standard InChI is InChI=1S/C10H10BrFN2/c1-6(11)10-9-7(12)4-3-5-8(9)14(2)13-10/h3-6H,1-2H3. The van der Waals surface area contributed by atoms with Crippen molar-refractivity contribution < 1.29 is 4.39 Å². The number of fused-ring (bicyclic) bond motifs is 1. The number of nitrogens with zero attached hydrogens (tertiary/aromatic N) is 2. The molecule has 1 atom stereocenters. The van der Waals surface area contributed by atoms with Crippen molar-refractivity contribution in [1.82, 2.24) is 9.78 Å². The van der Waals surface area contributed by atoms with Crippen molar-refractivity contribution >= 4 is 26.8 Å². The fourth-order valence-corrected chi connectivity index (χ4v) is 1.90. The highest BCUT2D eigenvalue weighted by molar-refractivity contribution is 9.09. The average Bonchev–Trinajstić information content (AvgIpc) is 2.46. The van der Waals surface area contributed by atoms with Crippen LogP contribution in [-0.4, -0.2) is 9.78 Å². The Morgan fingerprint density at radius 2 is 2.21 bits per heavy atom. The lowest BCUT2D eigenvalue weighted by atomic mass is 10.1. The van der Waals surface area contributed by atoms with Gasteiger partial charge >= 0.3 is 0 Å². The van der Waals surface area contributed by atoms with Gasteiger partial charge in [-0.05, 0) is 19.1 Å². The predicted octanol–water partition coefficient (Wildman–Crippen LogP) is 3.17. The molecular weight excluding hydrogens is 247 g/mol. The minimum absolute atomic E-state index is 0.0584. The molecule has 0 aliphatic carbocycles. The number of aromatic nitrogens is 2. The normalized spacial score (nSPS) is 13.4. The number of hydrogen-bond donors (Lipinski definition) is 0. The zero-order chi connectivity index (χ0) is 10.3. The van der Waals surface area contributed by atoms with Gasteiger partial charge < -0.3 is 0 Å². The maximum atomic E-state index is 13.5. The molecule has 2 aromatic rings. The first-order valence-electron chi connectivity index (χ1n) is 4.36. The second-order valence-corrected chi connectivity index (χ2v) is 4.63. The molecule has 1 unspecified atom stereocenters. The molecule has 0 saturated carbocycles. The van der Waals surface area contributed by atoms with Crippen molar-refractivity contribution in [2.24, 2.45) is 7.05 Å². The van der Waals surface area contributed by atoms with E-state index in [1.165, 1.54) is 6.07 Å². The first-order chi connectivity index (χ1) is 6.61. The first kappa shape index (κ1) is 9.65. The van der Waals surface area contributed by atoms with Crippen LogP contribution in [0.2, 0.25) is 0 Å². The Balaban J connectivity index is 2.86. The molecule has 0 radical (unpaired) electrons. The van der Waals surface area contributed by atoms with Gasteiger partial charge in [0.1, 0.15) is 5.82 Å². The summed E-state index contributed by atoms with van der Waals surface area (Å²) in [4.78, 5) is 0.0584. The summed E-state index contributed by atoms with van der Waals surface area (Å²) in [5.74, 6) is -0.211. The second kappa shape index (κ2) is 3.35. The summed E-state index contributed by atoms with van der Waals surface area (Å²) in [5, 5.41) is 4.89. The largest absolute Gasteiger partial charge is 0.268 e. The summed E-state index contributed by atoms with van der Waals surface area (Å²) in [5.41, 5.74) is 1.58. The average molecular weight is 257 g/mol. The van der Waals surface area contributed by atoms with Crippen molar-refractivity contribution in [3.63, 3.8) is 0 Å². The van der Waals surface area contributed by atoms with Crippen LogP contribution in [0.4, 0.5) is 4.39 Å². The third-order valence-electron chi connectivity index (χ3n) is 2.23. The van der Waals surface area contributed by atoms with Gasteiger partial charge in [0.25, 0.3) is 0 Å². The SMILES string of the molecule is CC(Br)c1nn(C)c2cccc(F)c12. The molecular formula is C10H10BrFN2. The third kappa shape index (κ3) is 1.34. The molecule has 0 bridgehead atoms. The van der Waals surface area contributed by atoms with E-state index in [2.05, 4.69) is 21.0 Å². The van der Waals surface area contributed by atoms with Crippen molar-refractivity contribution in [3.8, 4) is 0 Å². The van der Waals surface area contributed by atoms with Gasteiger partial charge in [-0.15, -0.1) is 0 Å². The van der Waals surface area contributed by atoms with Crippen molar-refractivity contribution in [3.05, 3.63) is 29.7 Å². The molecule has 0 aliphatic heterocycles. The Kier molecular flexibility index (Phi) is 2.31. The van der Waals surface area contributed by atoms with Crippen LogP contribution in [0.5, 0.6) is 0 Å². The molecule has 2 nitrogen and oxygen atoms in total. The Morgan fingerprint density at radius 1 is 1.50 bits per heavy atom. The van der Waals surface area contributed by atoms with Gasteiger partial charge in [0.2, 0.25) is 0 Å². The molecule has 2 rings (SSSR count). The van der Waals surface area contributed by atoms with Gasteiger partial charge in [-0.2, -0.15) is 5.10 Å². The van der Waals surface area contributed by atoms with E-state index in [0.29, 0.717) is 5.39 Å². The van der Waals surface area contributed by atoms with E-state index in [0.717, 1.165) is 11.2 Å². The van der Waals surface area contributed by atoms with E-state index in [-0.39, 0.29) is 10.6 Å². The van der Waals surface area contributed by atoms with Crippen LogP contribution >= 0.6 is 15.9 Å². The van der Waals surface area contributed by atoms with Crippen LogP contribution in [0, 0.1) is 5.82 Å². The zero-order valence-electron chi connectivity index (χ0n) is 7.96. The maximum absolute atomic E-state index is 13.5. The highest BCUT2D eigenvalue weighted by atomic mass is 79.9. The summed E-state index contributed by atoms with van der Waals surface area (Å²) >= 11 is 3.41. The van der Waals surface area contributed by atoms with E-state index < -0.39 is 0 Å². The molecule has 1 aromatic heterocycles. The minimum Gasteiger partial charge on any atom is -0.268 e. The fraction of sp³-hybridized carbons (Fsp3) is 0.300. The molecule has 1 aromatic carbocycles. The van der Waals surface area contributed by atoms with E-state index in [4.69, 9.17) is 0 Å². The molecule has 74 valence electrons. The van der Waals surface area contributed by atoms with Crippen LogP contribution in [0.3, 0.4) is 0 Å². The van der Waals surface area contributed by atoms with Gasteiger partial charge in [-0.25, -0.2) is 4.39 Å². The Hall–Kier alpha value is -0.900. The van der Waals surface area contributed by atoms with Gasteiger partial charge in [0.05, 0.1) is 21.4 Å². The Morgan fingerprint density at radius 3 is 2.86 bits per heavy atom. The Bertz CT molecular complexity index is 476. The highest BCUT2D eigenvalue weighted by Gasteiger charge is 2.15. The van der Waals surface area contributed by atoms with Crippen molar-refractivity contribution in [2.75, 3.05) is 0 Å². The van der Waals surface area contributed by atoms with E-state index >= 15 is 0 Å². The lowest BCUT2D eigenvalue weighted by Gasteiger charge is -1.98. The third-order valence-corrected chi connectivity index (χ3v) is 2.66. The van der Waals surface area contributed by atoms with Crippen molar-refractivity contribution in [1.29, 1.82) is 0 Å². The number of aryl methyl sites for hydroxylation is 1. The zero-order valence-corrected chi connectivity index (χ0v) is 9.55. The van der Waals surface area contributed by atoms with Crippen LogP contribution in [-0.2, 0) is 7.05 Å². The molecule has 0 amide bonds. The van der Waals surface area contributed by atoms with Crippen LogP contribution in [0.25, 0.3) is 10.9 Å². The smallest absolute Gasteiger partial charge is 0.134 e. The number of halogens is 2. The summed E-state index contributed by atoms with van der Waals surface area (Å²) < 4.78 is 15.2. The molecule has 1 heterocycles. The molecule has 0 spiro atoms. The molecule has 14 heavy (non-hydrogen) atoms. The van der Waals surface area contributed by atoms with E-state index in [1.54, 1.807) is 10.7 Å². The lowest BCUT2D eigenvalue weighted by Crippen LogP contribution is -1.91. The number of benzene rings is 1. The lowest BCUT2D eigenvalue weighted by molar-refractivity contribution is 0.639. The molecule has 0 saturated heterocycles. The van der Waals surface area contributed by atoms with Crippen LogP contribution in [0.15, 0.2) is 18.2 Å². The second-order valence-electron chi connectivity index (χ2n) is 3.26. The quantitative estimate of drug-likeness (QED) is 0.717. The van der Waals surface area contributed by atoms with Gasteiger partial charge in [-0.1, -0.05) is 22.0 Å². The van der Waals surface area contributed by atoms with E-state index in [9.17, 15) is 4.39 Å². The van der Waals surface area contributed by atoms with Gasteiger partial charge in [0, 0.05) is 7.05 Å². The maximum Gasteiger partial charge on any atom is 0.134 e. The molecule has 4 heteroatoms. The summed E-state index contributed by atoms with van der Waals surface area (Å²) in [6.07, 6.45) is 0. The first-order valence-corrected chi connectivity index (χ1v) is 5.28. The fourth-order valence-electron chi connectivity index (χ4n) is 1.58. The summed E-state index contributed by atoms with van der Waals surface area (Å²) in [6, 6.07) is 5.02. The molecule has 0 N–H and O–H groups in total. The summed E-state index contributed by atoms with van der Waals surface area (Å²) in [7, 11) is 1.82. The monoisotopic (exact) mass is 256 g/mol. The number of alkyl halides is 1. The molecule has 0 fully saturated rings. The van der Waals surface area contributed by atoms with Gasteiger partial charge in [-0.3, -0.25) is 4.68 Å².